The summed E-state index contributed by atoms with van der Waals surface area (Å²) >= 11 is 0. The number of amides is 1. The number of carbonyl (C=O) groups is 1. The maximum absolute atomic E-state index is 10.8. The number of nitrogens with one attached hydrogen (secondary N) is 1. The Morgan fingerprint density at radius 1 is 1.33 bits per heavy atom. The van der Waals surface area contributed by atoms with Crippen molar-refractivity contribution in [1.82, 2.24) is 5.32 Å². The van der Waals surface area contributed by atoms with Crippen LogP contribution < -0.4 is 5.32 Å². The molecule has 0 aliphatic carbocycles. The van der Waals surface area contributed by atoms with E-state index in [-0.39, 0.29) is 18.1 Å². The van der Waals surface area contributed by atoms with Crippen LogP contribution in [0.25, 0.3) is 0 Å². The zero-order valence-corrected chi connectivity index (χ0v) is 10.3. The van der Waals surface area contributed by atoms with Crippen LogP contribution in [-0.2, 0) is 14.3 Å². The number of likely N-dealkylation sites (N-methyl/N-ethyl adjacent to an activating group) is 1. The van der Waals surface area contributed by atoms with Crippen molar-refractivity contribution >= 4 is 5.91 Å². The highest BCUT2D eigenvalue weighted by Gasteiger charge is 2.16. The second-order valence-corrected chi connectivity index (χ2v) is 4.08. The standard InChI is InChI=1S/C11H23NO3/c1-5-6-11(2,3)15-8-7-14-9-10(13)12-4/h5-9H2,1-4H3,(H,12,13). The highest BCUT2D eigenvalue weighted by Crippen LogP contribution is 2.15. The molecular weight excluding hydrogens is 194 g/mol. The van der Waals surface area contributed by atoms with Gasteiger partial charge in [-0.15, -0.1) is 0 Å². The number of rotatable bonds is 8. The van der Waals surface area contributed by atoms with Gasteiger partial charge in [-0.2, -0.15) is 0 Å². The van der Waals surface area contributed by atoms with Crippen molar-refractivity contribution < 1.29 is 14.3 Å². The van der Waals surface area contributed by atoms with Crippen LogP contribution in [0.15, 0.2) is 0 Å². The Bertz CT molecular complexity index is 181. The van der Waals surface area contributed by atoms with Crippen LogP contribution in [0, 0.1) is 0 Å². The van der Waals surface area contributed by atoms with Gasteiger partial charge in [-0.25, -0.2) is 0 Å². The van der Waals surface area contributed by atoms with Crippen molar-refractivity contribution in [2.75, 3.05) is 26.9 Å². The van der Waals surface area contributed by atoms with Gasteiger partial charge in [-0.05, 0) is 20.3 Å². The van der Waals surface area contributed by atoms with E-state index in [1.54, 1.807) is 7.05 Å². The van der Waals surface area contributed by atoms with Gasteiger partial charge in [0.05, 0.1) is 18.8 Å². The lowest BCUT2D eigenvalue weighted by molar-refractivity contribution is -0.126. The van der Waals surface area contributed by atoms with E-state index in [0.29, 0.717) is 13.2 Å². The molecule has 4 nitrogen and oxygen atoms in total. The van der Waals surface area contributed by atoms with E-state index < -0.39 is 0 Å². The van der Waals surface area contributed by atoms with Gasteiger partial charge >= 0.3 is 0 Å². The van der Waals surface area contributed by atoms with Crippen LogP contribution >= 0.6 is 0 Å². The predicted octanol–water partition coefficient (Wildman–Crippen LogP) is 1.34. The van der Waals surface area contributed by atoms with Crippen molar-refractivity contribution in [3.63, 3.8) is 0 Å². The summed E-state index contributed by atoms with van der Waals surface area (Å²) in [6, 6.07) is 0. The lowest BCUT2D eigenvalue weighted by Crippen LogP contribution is -2.28. The quantitative estimate of drug-likeness (QED) is 0.624. The van der Waals surface area contributed by atoms with Crippen molar-refractivity contribution in [3.8, 4) is 0 Å². The van der Waals surface area contributed by atoms with Crippen LogP contribution in [0.5, 0.6) is 0 Å². The molecule has 0 rings (SSSR count). The summed E-state index contributed by atoms with van der Waals surface area (Å²) in [6.45, 7) is 7.36. The second-order valence-electron chi connectivity index (χ2n) is 4.08. The smallest absolute Gasteiger partial charge is 0.245 e. The molecule has 0 spiro atoms. The summed E-state index contributed by atoms with van der Waals surface area (Å²) < 4.78 is 10.8. The Hall–Kier alpha value is -0.610. The van der Waals surface area contributed by atoms with E-state index >= 15 is 0 Å². The third-order valence-corrected chi connectivity index (χ3v) is 2.08. The molecule has 0 saturated carbocycles. The first kappa shape index (κ1) is 14.4. The molecule has 0 aliphatic rings. The van der Waals surface area contributed by atoms with Gasteiger partial charge in [0.25, 0.3) is 0 Å². The SMILES string of the molecule is CCCC(C)(C)OCCOCC(=O)NC. The molecule has 0 heterocycles. The van der Waals surface area contributed by atoms with E-state index in [9.17, 15) is 4.79 Å². The van der Waals surface area contributed by atoms with Gasteiger partial charge in [0, 0.05) is 7.05 Å². The van der Waals surface area contributed by atoms with E-state index in [2.05, 4.69) is 26.1 Å². The van der Waals surface area contributed by atoms with Crippen molar-refractivity contribution in [2.24, 2.45) is 0 Å². The number of hydrogen-bond donors (Lipinski definition) is 1. The summed E-state index contributed by atoms with van der Waals surface area (Å²) in [5, 5.41) is 2.49. The molecule has 0 atom stereocenters. The topological polar surface area (TPSA) is 47.6 Å². The Morgan fingerprint density at radius 3 is 2.53 bits per heavy atom. The molecule has 0 saturated heterocycles. The van der Waals surface area contributed by atoms with E-state index in [4.69, 9.17) is 9.47 Å². The van der Waals surface area contributed by atoms with E-state index in [1.807, 2.05) is 0 Å². The normalized spacial score (nSPS) is 11.5. The van der Waals surface area contributed by atoms with Crippen molar-refractivity contribution in [2.45, 2.75) is 39.2 Å². The van der Waals surface area contributed by atoms with Crippen LogP contribution in [-0.4, -0.2) is 38.4 Å². The van der Waals surface area contributed by atoms with Gasteiger partial charge in [0.2, 0.25) is 5.91 Å². The van der Waals surface area contributed by atoms with Gasteiger partial charge in [0.15, 0.2) is 0 Å². The Kier molecular flexibility index (Phi) is 7.34. The lowest BCUT2D eigenvalue weighted by Gasteiger charge is -2.24. The zero-order valence-electron chi connectivity index (χ0n) is 10.3. The largest absolute Gasteiger partial charge is 0.373 e. The van der Waals surface area contributed by atoms with Crippen LogP contribution in [0.2, 0.25) is 0 Å². The van der Waals surface area contributed by atoms with Gasteiger partial charge in [-0.3, -0.25) is 4.79 Å². The Morgan fingerprint density at radius 2 is 2.00 bits per heavy atom. The summed E-state index contributed by atoms with van der Waals surface area (Å²) in [4.78, 5) is 10.8. The minimum absolute atomic E-state index is 0.0921. The molecule has 90 valence electrons. The second kappa shape index (κ2) is 7.65. The molecule has 0 unspecified atom stereocenters. The summed E-state index contributed by atoms with van der Waals surface area (Å²) in [5.41, 5.74) is -0.0921. The third kappa shape index (κ3) is 8.39. The molecular formula is C11H23NO3. The molecule has 0 bridgehead atoms. The first-order valence-electron chi connectivity index (χ1n) is 5.44. The summed E-state index contributed by atoms with van der Waals surface area (Å²) in [7, 11) is 1.59. The molecule has 15 heavy (non-hydrogen) atoms. The van der Waals surface area contributed by atoms with Crippen LogP contribution in [0.3, 0.4) is 0 Å². The lowest BCUT2D eigenvalue weighted by atomic mass is 10.0. The van der Waals surface area contributed by atoms with Crippen LogP contribution in [0.1, 0.15) is 33.6 Å². The first-order chi connectivity index (χ1) is 7.02. The van der Waals surface area contributed by atoms with Gasteiger partial charge in [-0.1, -0.05) is 13.3 Å². The molecule has 0 aliphatic heterocycles. The molecule has 1 amide bonds. The maximum Gasteiger partial charge on any atom is 0.245 e. The Labute approximate surface area is 92.3 Å². The van der Waals surface area contributed by atoms with Gasteiger partial charge < -0.3 is 14.8 Å². The molecule has 0 radical (unpaired) electrons. The fourth-order valence-corrected chi connectivity index (χ4v) is 1.29. The third-order valence-electron chi connectivity index (χ3n) is 2.08. The highest BCUT2D eigenvalue weighted by atomic mass is 16.5. The molecule has 0 aromatic heterocycles. The predicted molar refractivity (Wildman–Crippen MR) is 59.8 cm³/mol. The molecule has 1 N–H and O–H groups in total. The molecule has 0 aromatic carbocycles. The number of carbonyl (C=O) groups excluding carboxylic acids is 1. The molecule has 0 fully saturated rings. The highest BCUT2D eigenvalue weighted by molar-refractivity contribution is 5.76. The molecule has 4 heteroatoms. The maximum atomic E-state index is 10.8. The average Bonchev–Trinajstić information content (AvgIpc) is 2.16. The summed E-state index contributed by atoms with van der Waals surface area (Å²) in [5.74, 6) is -0.109. The summed E-state index contributed by atoms with van der Waals surface area (Å²) in [6.07, 6.45) is 2.13. The number of hydrogen-bond acceptors (Lipinski definition) is 3. The fourth-order valence-electron chi connectivity index (χ4n) is 1.29. The van der Waals surface area contributed by atoms with E-state index in [0.717, 1.165) is 12.8 Å². The van der Waals surface area contributed by atoms with Crippen molar-refractivity contribution in [3.05, 3.63) is 0 Å². The van der Waals surface area contributed by atoms with Crippen LogP contribution in [0.4, 0.5) is 0 Å². The monoisotopic (exact) mass is 217 g/mol. The zero-order chi connectivity index (χ0) is 11.7. The fraction of sp³-hybridized carbons (Fsp3) is 0.909. The minimum atomic E-state index is -0.109. The number of ether oxygens (including phenoxy) is 2. The van der Waals surface area contributed by atoms with Gasteiger partial charge in [0.1, 0.15) is 6.61 Å². The van der Waals surface area contributed by atoms with Crippen molar-refractivity contribution in [1.29, 1.82) is 0 Å². The Balaban J connectivity index is 3.41. The molecule has 0 aromatic rings. The van der Waals surface area contributed by atoms with E-state index in [1.165, 1.54) is 0 Å². The minimum Gasteiger partial charge on any atom is -0.373 e. The first-order valence-corrected chi connectivity index (χ1v) is 5.44. The average molecular weight is 217 g/mol.